The normalized spacial score (nSPS) is 13.8. The fraction of sp³-hybridized carbons (Fsp3) is 0.536. The molecule has 2 atom stereocenters. The van der Waals surface area contributed by atoms with Crippen LogP contribution in [0, 0.1) is 0 Å². The lowest BCUT2D eigenvalue weighted by Crippen LogP contribution is -2.38. The SMILES string of the molecule is CCC(CC(=CCOC)OC)N(CCC(O)COC)c1ccc2ncc(-c3cnn(C(C)C)c3)nc2c1. The van der Waals surface area contributed by atoms with Crippen LogP contribution in [0.2, 0.25) is 0 Å². The summed E-state index contributed by atoms with van der Waals surface area (Å²) in [5, 5.41) is 14.8. The zero-order valence-corrected chi connectivity index (χ0v) is 22.9. The van der Waals surface area contributed by atoms with Crippen molar-refractivity contribution in [3.8, 4) is 11.3 Å². The number of methoxy groups -OCH3 is 3. The van der Waals surface area contributed by atoms with Gasteiger partial charge in [0.05, 0.1) is 61.3 Å². The predicted octanol–water partition coefficient (Wildman–Crippen LogP) is 4.62. The molecule has 1 aromatic carbocycles. The van der Waals surface area contributed by atoms with Crippen molar-refractivity contribution in [2.45, 2.75) is 58.2 Å². The molecule has 9 nitrogen and oxygen atoms in total. The lowest BCUT2D eigenvalue weighted by atomic mass is 10.0. The van der Waals surface area contributed by atoms with Gasteiger partial charge in [0.1, 0.15) is 0 Å². The highest BCUT2D eigenvalue weighted by molar-refractivity contribution is 5.81. The molecule has 0 amide bonds. The summed E-state index contributed by atoms with van der Waals surface area (Å²) < 4.78 is 17.9. The lowest BCUT2D eigenvalue weighted by Gasteiger charge is -2.34. The molecule has 3 aromatic rings. The standard InChI is InChI=1S/C28H41N5O4/c1-7-22(14-25(37-6)11-13-35-4)32(12-10-24(34)19-36-5)23-8-9-26-27(15-23)31-28(17-29-26)21-16-30-33(18-21)20(2)3/h8-9,11,15-18,20,22,24,34H,7,10,12-14,19H2,1-6H3. The highest BCUT2D eigenvalue weighted by Crippen LogP contribution is 2.28. The summed E-state index contributed by atoms with van der Waals surface area (Å²) >= 11 is 0. The third-order valence-electron chi connectivity index (χ3n) is 6.43. The van der Waals surface area contributed by atoms with E-state index in [1.807, 2.05) is 29.2 Å². The van der Waals surface area contributed by atoms with Crippen molar-refractivity contribution in [3.63, 3.8) is 0 Å². The molecule has 2 unspecified atom stereocenters. The molecule has 2 heterocycles. The van der Waals surface area contributed by atoms with E-state index in [0.717, 1.165) is 46.6 Å². The van der Waals surface area contributed by atoms with E-state index < -0.39 is 6.10 Å². The largest absolute Gasteiger partial charge is 0.501 e. The molecule has 37 heavy (non-hydrogen) atoms. The molecular formula is C28H41N5O4. The molecule has 0 saturated heterocycles. The Balaban J connectivity index is 1.96. The van der Waals surface area contributed by atoms with E-state index in [2.05, 4.69) is 47.9 Å². The number of hydrogen-bond acceptors (Lipinski definition) is 8. The van der Waals surface area contributed by atoms with E-state index in [0.29, 0.717) is 26.2 Å². The summed E-state index contributed by atoms with van der Waals surface area (Å²) in [7, 11) is 4.96. The van der Waals surface area contributed by atoms with E-state index >= 15 is 0 Å². The van der Waals surface area contributed by atoms with Crippen molar-refractivity contribution < 1.29 is 19.3 Å². The van der Waals surface area contributed by atoms with Gasteiger partial charge in [-0.15, -0.1) is 0 Å². The van der Waals surface area contributed by atoms with Crippen LogP contribution in [0.3, 0.4) is 0 Å². The van der Waals surface area contributed by atoms with E-state index in [9.17, 15) is 5.11 Å². The van der Waals surface area contributed by atoms with Crippen molar-refractivity contribution in [2.75, 3.05) is 46.0 Å². The van der Waals surface area contributed by atoms with Crippen molar-refractivity contribution in [1.29, 1.82) is 0 Å². The number of rotatable bonds is 15. The molecule has 1 N–H and O–H groups in total. The number of nitrogens with zero attached hydrogens (tertiary/aromatic N) is 5. The Kier molecular flexibility index (Phi) is 10.9. The Hall–Kier alpha value is -3.01. The van der Waals surface area contributed by atoms with Gasteiger partial charge in [0.25, 0.3) is 0 Å². The van der Waals surface area contributed by atoms with Gasteiger partial charge in [-0.3, -0.25) is 9.67 Å². The molecule has 3 rings (SSSR count). The molecule has 202 valence electrons. The van der Waals surface area contributed by atoms with Crippen LogP contribution >= 0.6 is 0 Å². The third kappa shape index (κ3) is 7.74. The van der Waals surface area contributed by atoms with Gasteiger partial charge >= 0.3 is 0 Å². The van der Waals surface area contributed by atoms with Crippen LogP contribution in [0.5, 0.6) is 0 Å². The zero-order chi connectivity index (χ0) is 26.8. The molecule has 0 spiro atoms. The van der Waals surface area contributed by atoms with Gasteiger partial charge in [-0.2, -0.15) is 5.10 Å². The van der Waals surface area contributed by atoms with Crippen LogP contribution < -0.4 is 4.90 Å². The van der Waals surface area contributed by atoms with Crippen LogP contribution in [0.4, 0.5) is 5.69 Å². The Morgan fingerprint density at radius 2 is 1.95 bits per heavy atom. The maximum absolute atomic E-state index is 10.4. The molecular weight excluding hydrogens is 470 g/mol. The smallest absolute Gasteiger partial charge is 0.0959 e. The number of aliphatic hydroxyl groups excluding tert-OH is 1. The number of anilines is 1. The Bertz CT molecular complexity index is 1150. The zero-order valence-electron chi connectivity index (χ0n) is 22.9. The van der Waals surface area contributed by atoms with Crippen LogP contribution in [-0.4, -0.2) is 78.1 Å². The topological polar surface area (TPSA) is 94.8 Å². The fourth-order valence-electron chi connectivity index (χ4n) is 4.29. The first-order valence-corrected chi connectivity index (χ1v) is 12.9. The van der Waals surface area contributed by atoms with Crippen LogP contribution in [0.25, 0.3) is 22.3 Å². The third-order valence-corrected chi connectivity index (χ3v) is 6.43. The molecule has 0 aliphatic carbocycles. The monoisotopic (exact) mass is 511 g/mol. The summed E-state index contributed by atoms with van der Waals surface area (Å²) in [6, 6.07) is 6.58. The number of ether oxygens (including phenoxy) is 3. The first-order valence-electron chi connectivity index (χ1n) is 12.9. The Morgan fingerprint density at radius 3 is 2.59 bits per heavy atom. The van der Waals surface area contributed by atoms with Gasteiger partial charge in [0, 0.05) is 56.7 Å². The second-order valence-electron chi connectivity index (χ2n) is 9.42. The second kappa shape index (κ2) is 14.1. The quantitative estimate of drug-likeness (QED) is 0.295. The van der Waals surface area contributed by atoms with E-state index in [-0.39, 0.29) is 12.1 Å². The average molecular weight is 512 g/mol. The number of fused-ring (bicyclic) bond motifs is 1. The maximum atomic E-state index is 10.4. The Morgan fingerprint density at radius 1 is 1.14 bits per heavy atom. The summed E-state index contributed by atoms with van der Waals surface area (Å²) in [5.41, 5.74) is 4.39. The molecule has 0 aliphatic rings. The highest BCUT2D eigenvalue weighted by Gasteiger charge is 2.21. The summed E-state index contributed by atoms with van der Waals surface area (Å²) in [6.45, 7) is 7.81. The molecule has 0 radical (unpaired) electrons. The maximum Gasteiger partial charge on any atom is 0.0959 e. The van der Waals surface area contributed by atoms with Gasteiger partial charge < -0.3 is 24.2 Å². The minimum Gasteiger partial charge on any atom is -0.501 e. The molecule has 0 fully saturated rings. The van der Waals surface area contributed by atoms with E-state index in [1.165, 1.54) is 0 Å². The number of hydrogen-bond donors (Lipinski definition) is 1. The van der Waals surface area contributed by atoms with Gasteiger partial charge in [-0.25, -0.2) is 4.98 Å². The average Bonchev–Trinajstić information content (AvgIpc) is 3.40. The van der Waals surface area contributed by atoms with E-state index in [4.69, 9.17) is 19.2 Å². The fourth-order valence-corrected chi connectivity index (χ4v) is 4.29. The number of aromatic nitrogens is 4. The second-order valence-corrected chi connectivity index (χ2v) is 9.42. The molecule has 0 saturated carbocycles. The molecule has 0 bridgehead atoms. The molecule has 9 heteroatoms. The summed E-state index contributed by atoms with van der Waals surface area (Å²) in [4.78, 5) is 11.9. The van der Waals surface area contributed by atoms with Gasteiger partial charge in [0.15, 0.2) is 0 Å². The minimum absolute atomic E-state index is 0.149. The van der Waals surface area contributed by atoms with Crippen molar-refractivity contribution in [1.82, 2.24) is 19.7 Å². The lowest BCUT2D eigenvalue weighted by molar-refractivity contribution is 0.0602. The predicted molar refractivity (Wildman–Crippen MR) is 147 cm³/mol. The number of aliphatic hydroxyl groups is 1. The summed E-state index contributed by atoms with van der Waals surface area (Å²) in [5.74, 6) is 0.876. The van der Waals surface area contributed by atoms with Gasteiger partial charge in [0.2, 0.25) is 0 Å². The number of benzene rings is 1. The van der Waals surface area contributed by atoms with Gasteiger partial charge in [-0.1, -0.05) is 6.92 Å². The highest BCUT2D eigenvalue weighted by atomic mass is 16.5. The first-order chi connectivity index (χ1) is 17.9. The van der Waals surface area contributed by atoms with Crippen LogP contribution in [-0.2, 0) is 14.2 Å². The van der Waals surface area contributed by atoms with Crippen molar-refractivity contribution in [3.05, 3.63) is 48.6 Å². The Labute approximate surface area is 220 Å². The van der Waals surface area contributed by atoms with Crippen molar-refractivity contribution in [2.24, 2.45) is 0 Å². The van der Waals surface area contributed by atoms with E-state index in [1.54, 1.807) is 27.5 Å². The van der Waals surface area contributed by atoms with Crippen LogP contribution in [0.15, 0.2) is 48.6 Å². The molecule has 0 aliphatic heterocycles. The van der Waals surface area contributed by atoms with Gasteiger partial charge in [-0.05, 0) is 51.0 Å². The van der Waals surface area contributed by atoms with Crippen LogP contribution in [0.1, 0.15) is 46.1 Å². The summed E-state index contributed by atoms with van der Waals surface area (Å²) in [6.07, 6.45) is 9.24. The minimum atomic E-state index is -0.541. The first kappa shape index (κ1) is 28.6. The molecule has 2 aromatic heterocycles. The van der Waals surface area contributed by atoms with Crippen molar-refractivity contribution >= 4 is 16.7 Å².